The molecule has 1 amide bonds. The van der Waals surface area contributed by atoms with Gasteiger partial charge < -0.3 is 10.1 Å². The zero-order valence-electron chi connectivity index (χ0n) is 11.9. The Morgan fingerprint density at radius 1 is 1.00 bits per heavy atom. The highest BCUT2D eigenvalue weighted by molar-refractivity contribution is 5.91. The first kappa shape index (κ1) is 15.9. The Balaban J connectivity index is 2.26. The summed E-state index contributed by atoms with van der Waals surface area (Å²) in [5.74, 6) is 0.0222. The van der Waals surface area contributed by atoms with Crippen LogP contribution >= 0.6 is 0 Å². The molecule has 2 aromatic carbocycles. The average molecular weight is 317 g/mol. The van der Waals surface area contributed by atoms with Gasteiger partial charge in [-0.2, -0.15) is 0 Å². The summed E-state index contributed by atoms with van der Waals surface area (Å²) in [4.78, 5) is 31.5. The Hall–Kier alpha value is -3.49. The van der Waals surface area contributed by atoms with Crippen LogP contribution in [0.2, 0.25) is 0 Å². The number of hydrogen-bond acceptors (Lipinski definition) is 6. The molecule has 0 fully saturated rings. The number of ether oxygens (including phenoxy) is 1. The van der Waals surface area contributed by atoms with Gasteiger partial charge in [0, 0.05) is 19.1 Å². The molecule has 9 heteroatoms. The van der Waals surface area contributed by atoms with E-state index in [4.69, 9.17) is 4.74 Å². The van der Waals surface area contributed by atoms with Crippen LogP contribution in [0.1, 0.15) is 6.92 Å². The van der Waals surface area contributed by atoms with E-state index in [0.29, 0.717) is 0 Å². The van der Waals surface area contributed by atoms with Crippen molar-refractivity contribution in [3.8, 4) is 11.5 Å². The molecule has 0 aromatic heterocycles. The van der Waals surface area contributed by atoms with E-state index >= 15 is 0 Å². The van der Waals surface area contributed by atoms with E-state index in [1.807, 2.05) is 0 Å². The predicted molar refractivity (Wildman–Crippen MR) is 80.6 cm³/mol. The molecule has 0 aliphatic heterocycles. The normalized spacial score (nSPS) is 9.96. The van der Waals surface area contributed by atoms with Crippen LogP contribution in [-0.4, -0.2) is 15.8 Å². The Morgan fingerprint density at radius 3 is 2.13 bits per heavy atom. The van der Waals surface area contributed by atoms with Crippen molar-refractivity contribution >= 4 is 23.0 Å². The van der Waals surface area contributed by atoms with Crippen molar-refractivity contribution < 1.29 is 19.4 Å². The number of carbonyl (C=O) groups is 1. The second-order valence-electron chi connectivity index (χ2n) is 4.47. The first-order chi connectivity index (χ1) is 10.9. The van der Waals surface area contributed by atoms with Crippen molar-refractivity contribution in [2.75, 3.05) is 5.32 Å². The number of nitrogens with zero attached hydrogens (tertiary/aromatic N) is 2. The van der Waals surface area contributed by atoms with Crippen LogP contribution in [-0.2, 0) is 4.79 Å². The van der Waals surface area contributed by atoms with Crippen LogP contribution in [0.3, 0.4) is 0 Å². The molecular formula is C14H11N3O6. The molecule has 0 aliphatic rings. The summed E-state index contributed by atoms with van der Waals surface area (Å²) in [6, 6.07) is 9.23. The Bertz CT molecular complexity index is 773. The van der Waals surface area contributed by atoms with Crippen LogP contribution in [0.5, 0.6) is 11.5 Å². The van der Waals surface area contributed by atoms with Crippen LogP contribution in [0.15, 0.2) is 42.5 Å². The van der Waals surface area contributed by atoms with E-state index in [2.05, 4.69) is 5.32 Å². The summed E-state index contributed by atoms with van der Waals surface area (Å²) < 4.78 is 5.42. The average Bonchev–Trinajstić information content (AvgIpc) is 2.48. The van der Waals surface area contributed by atoms with Gasteiger partial charge in [0.2, 0.25) is 5.91 Å². The molecule has 2 rings (SSSR count). The lowest BCUT2D eigenvalue weighted by molar-refractivity contribution is -0.384. The molecule has 0 bridgehead atoms. The van der Waals surface area contributed by atoms with Gasteiger partial charge in [0.15, 0.2) is 0 Å². The molecule has 118 valence electrons. The number of anilines is 1. The highest BCUT2D eigenvalue weighted by Gasteiger charge is 2.16. The minimum atomic E-state index is -0.645. The molecule has 0 saturated carbocycles. The van der Waals surface area contributed by atoms with Crippen molar-refractivity contribution in [3.63, 3.8) is 0 Å². The molecule has 0 heterocycles. The van der Waals surface area contributed by atoms with Gasteiger partial charge in [0.05, 0.1) is 15.9 Å². The predicted octanol–water partition coefficient (Wildman–Crippen LogP) is 3.25. The van der Waals surface area contributed by atoms with Crippen LogP contribution < -0.4 is 10.1 Å². The van der Waals surface area contributed by atoms with Crippen molar-refractivity contribution in [1.29, 1.82) is 0 Å². The second-order valence-corrected chi connectivity index (χ2v) is 4.47. The molecule has 0 spiro atoms. The lowest BCUT2D eigenvalue weighted by atomic mass is 10.2. The van der Waals surface area contributed by atoms with Crippen LogP contribution in [0, 0.1) is 20.2 Å². The van der Waals surface area contributed by atoms with Gasteiger partial charge in [-0.1, -0.05) is 0 Å². The zero-order chi connectivity index (χ0) is 17.0. The van der Waals surface area contributed by atoms with Crippen molar-refractivity contribution in [2.24, 2.45) is 0 Å². The maximum absolute atomic E-state index is 11.1. The minimum absolute atomic E-state index is 0.0542. The number of nitro benzene ring substituents is 2. The molecule has 2 aromatic rings. The number of benzene rings is 2. The minimum Gasteiger partial charge on any atom is -0.457 e. The van der Waals surface area contributed by atoms with E-state index in [9.17, 15) is 25.0 Å². The zero-order valence-corrected chi connectivity index (χ0v) is 11.9. The molecule has 0 unspecified atom stereocenters. The first-order valence-corrected chi connectivity index (χ1v) is 6.35. The Kier molecular flexibility index (Phi) is 4.50. The third kappa shape index (κ3) is 4.00. The summed E-state index contributed by atoms with van der Waals surface area (Å²) in [5, 5.41) is 24.0. The largest absolute Gasteiger partial charge is 0.457 e. The van der Waals surface area contributed by atoms with Gasteiger partial charge in [-0.15, -0.1) is 0 Å². The number of amides is 1. The first-order valence-electron chi connectivity index (χ1n) is 6.35. The van der Waals surface area contributed by atoms with E-state index in [-0.39, 0.29) is 28.6 Å². The van der Waals surface area contributed by atoms with Gasteiger partial charge in [-0.05, 0) is 24.3 Å². The second kappa shape index (κ2) is 6.52. The van der Waals surface area contributed by atoms with Gasteiger partial charge in [-0.3, -0.25) is 25.0 Å². The molecule has 9 nitrogen and oxygen atoms in total. The summed E-state index contributed by atoms with van der Waals surface area (Å²) in [6.07, 6.45) is 0. The maximum Gasteiger partial charge on any atom is 0.296 e. The van der Waals surface area contributed by atoms with Crippen LogP contribution in [0.25, 0.3) is 0 Å². The highest BCUT2D eigenvalue weighted by atomic mass is 16.6. The quantitative estimate of drug-likeness (QED) is 0.666. The summed E-state index contributed by atoms with van der Waals surface area (Å²) in [6.45, 7) is 1.24. The summed E-state index contributed by atoms with van der Waals surface area (Å²) in [5.41, 5.74) is -0.359. The molecule has 0 radical (unpaired) electrons. The van der Waals surface area contributed by atoms with Crippen molar-refractivity contribution in [2.45, 2.75) is 6.92 Å². The number of rotatable bonds is 5. The topological polar surface area (TPSA) is 125 Å². The van der Waals surface area contributed by atoms with Crippen molar-refractivity contribution in [1.82, 2.24) is 0 Å². The number of non-ortho nitro benzene ring substituents is 1. The standard InChI is InChI=1S/C14H11N3O6/c1-9(18)15-13-7-6-12(8-14(13)17(21)22)23-11-4-2-10(3-5-11)16(19)20/h2-8H,1H3,(H,15,18). The summed E-state index contributed by atoms with van der Waals surface area (Å²) in [7, 11) is 0. The number of hydrogen-bond donors (Lipinski definition) is 1. The molecule has 0 atom stereocenters. The number of nitrogens with one attached hydrogen (secondary N) is 1. The lowest BCUT2D eigenvalue weighted by Gasteiger charge is -2.08. The number of carbonyl (C=O) groups excluding carboxylic acids is 1. The fourth-order valence-electron chi connectivity index (χ4n) is 1.79. The monoisotopic (exact) mass is 317 g/mol. The fraction of sp³-hybridized carbons (Fsp3) is 0.0714. The number of nitro groups is 2. The van der Waals surface area contributed by atoms with Gasteiger partial charge in [0.25, 0.3) is 11.4 Å². The highest BCUT2D eigenvalue weighted by Crippen LogP contribution is 2.32. The van der Waals surface area contributed by atoms with Gasteiger partial charge in [-0.25, -0.2) is 0 Å². The fourth-order valence-corrected chi connectivity index (χ4v) is 1.79. The third-order valence-electron chi connectivity index (χ3n) is 2.76. The Morgan fingerprint density at radius 2 is 1.61 bits per heavy atom. The SMILES string of the molecule is CC(=O)Nc1ccc(Oc2ccc([N+](=O)[O-])cc2)cc1[N+](=O)[O-]. The molecule has 23 heavy (non-hydrogen) atoms. The van der Waals surface area contributed by atoms with E-state index in [1.54, 1.807) is 0 Å². The molecule has 1 N–H and O–H groups in total. The summed E-state index contributed by atoms with van der Waals surface area (Å²) >= 11 is 0. The van der Waals surface area contributed by atoms with Gasteiger partial charge in [0.1, 0.15) is 17.2 Å². The third-order valence-corrected chi connectivity index (χ3v) is 2.76. The van der Waals surface area contributed by atoms with Crippen LogP contribution in [0.4, 0.5) is 17.1 Å². The molecular weight excluding hydrogens is 306 g/mol. The van der Waals surface area contributed by atoms with Crippen molar-refractivity contribution in [3.05, 3.63) is 62.7 Å². The lowest BCUT2D eigenvalue weighted by Crippen LogP contribution is -2.08. The van der Waals surface area contributed by atoms with E-state index in [1.165, 1.54) is 43.3 Å². The Labute approximate surface area is 129 Å². The molecule has 0 saturated heterocycles. The maximum atomic E-state index is 11.1. The van der Waals surface area contributed by atoms with E-state index in [0.717, 1.165) is 6.07 Å². The van der Waals surface area contributed by atoms with E-state index < -0.39 is 15.8 Å². The van der Waals surface area contributed by atoms with Gasteiger partial charge >= 0.3 is 0 Å². The molecule has 0 aliphatic carbocycles. The smallest absolute Gasteiger partial charge is 0.296 e.